The first kappa shape index (κ1) is 18.1. The number of piperidine rings is 1. The number of amides is 1. The van der Waals surface area contributed by atoms with Crippen LogP contribution >= 0.6 is 11.3 Å². The number of nitrogens with one attached hydrogen (secondary N) is 1. The van der Waals surface area contributed by atoms with Crippen LogP contribution in [0.3, 0.4) is 0 Å². The van der Waals surface area contributed by atoms with Gasteiger partial charge in [0.1, 0.15) is 10.8 Å². The Kier molecular flexibility index (Phi) is 5.54. The number of aryl methyl sites for hydroxylation is 1. The molecule has 5 heteroatoms. The number of carbonyl (C=O) groups is 1. The molecule has 0 spiro atoms. The number of halogens is 1. The van der Waals surface area contributed by atoms with Crippen LogP contribution in [0.4, 0.5) is 9.39 Å². The first-order chi connectivity index (χ1) is 12.0. The Morgan fingerprint density at radius 3 is 2.68 bits per heavy atom. The first-order valence-corrected chi connectivity index (χ1v) is 9.67. The highest BCUT2D eigenvalue weighted by Gasteiger charge is 2.23. The number of likely N-dealkylation sites (tertiary alicyclic amines) is 1. The topological polar surface area (TPSA) is 32.3 Å². The summed E-state index contributed by atoms with van der Waals surface area (Å²) in [6, 6.07) is 6.25. The second-order valence-corrected chi connectivity index (χ2v) is 8.09. The van der Waals surface area contributed by atoms with Gasteiger partial charge in [-0.25, -0.2) is 4.39 Å². The molecule has 1 N–H and O–H groups in total. The summed E-state index contributed by atoms with van der Waals surface area (Å²) in [5.41, 5.74) is 2.95. The molecule has 2 aromatic rings. The van der Waals surface area contributed by atoms with E-state index in [4.69, 9.17) is 0 Å². The fourth-order valence-corrected chi connectivity index (χ4v) is 4.40. The summed E-state index contributed by atoms with van der Waals surface area (Å²) in [4.78, 5) is 16.3. The first-order valence-electron chi connectivity index (χ1n) is 8.85. The number of hydrogen-bond acceptors (Lipinski definition) is 3. The fourth-order valence-electron chi connectivity index (χ4n) is 3.34. The summed E-state index contributed by atoms with van der Waals surface area (Å²) in [7, 11) is 0. The lowest BCUT2D eigenvalue weighted by Gasteiger charge is -2.33. The summed E-state index contributed by atoms with van der Waals surface area (Å²) in [6.07, 6.45) is 3.77. The van der Waals surface area contributed by atoms with E-state index in [1.165, 1.54) is 59.5 Å². The number of rotatable bonds is 4. The zero-order chi connectivity index (χ0) is 18.0. The van der Waals surface area contributed by atoms with Crippen LogP contribution in [0.15, 0.2) is 24.3 Å². The minimum Gasteiger partial charge on any atom is -0.313 e. The molecular formula is C20H25FN2OS. The van der Waals surface area contributed by atoms with Gasteiger partial charge in [0.05, 0.1) is 0 Å². The van der Waals surface area contributed by atoms with Crippen molar-refractivity contribution in [2.24, 2.45) is 0 Å². The normalized spacial score (nSPS) is 18.3. The largest absolute Gasteiger partial charge is 0.313 e. The molecule has 1 aromatic carbocycles. The van der Waals surface area contributed by atoms with Crippen molar-refractivity contribution in [1.82, 2.24) is 4.90 Å². The van der Waals surface area contributed by atoms with Crippen molar-refractivity contribution in [3.05, 3.63) is 51.7 Å². The van der Waals surface area contributed by atoms with Gasteiger partial charge >= 0.3 is 0 Å². The van der Waals surface area contributed by atoms with Crippen molar-refractivity contribution in [2.45, 2.75) is 52.6 Å². The molecule has 3 rings (SSSR count). The Hall–Kier alpha value is -1.72. The van der Waals surface area contributed by atoms with Crippen LogP contribution in [0, 0.1) is 19.7 Å². The van der Waals surface area contributed by atoms with Crippen molar-refractivity contribution < 1.29 is 9.18 Å². The van der Waals surface area contributed by atoms with Crippen molar-refractivity contribution >= 4 is 22.2 Å². The van der Waals surface area contributed by atoms with Gasteiger partial charge in [-0.15, -0.1) is 11.3 Å². The van der Waals surface area contributed by atoms with Gasteiger partial charge in [0, 0.05) is 28.6 Å². The maximum absolute atomic E-state index is 13.1. The van der Waals surface area contributed by atoms with Gasteiger partial charge in [-0.05, 0) is 70.0 Å². The maximum Gasteiger partial charge on any atom is 0.256 e. The highest BCUT2D eigenvalue weighted by atomic mass is 32.1. The average Bonchev–Trinajstić information content (AvgIpc) is 2.85. The van der Waals surface area contributed by atoms with E-state index < -0.39 is 0 Å². The van der Waals surface area contributed by atoms with Gasteiger partial charge in [0.25, 0.3) is 5.91 Å². The molecule has 0 unspecified atom stereocenters. The average molecular weight is 360 g/mol. The van der Waals surface area contributed by atoms with Crippen molar-refractivity contribution in [1.29, 1.82) is 0 Å². The molecule has 25 heavy (non-hydrogen) atoms. The molecule has 0 saturated carbocycles. The predicted molar refractivity (Wildman–Crippen MR) is 102 cm³/mol. The Morgan fingerprint density at radius 1 is 1.28 bits per heavy atom. The monoisotopic (exact) mass is 360 g/mol. The third kappa shape index (κ3) is 4.10. The van der Waals surface area contributed by atoms with Crippen LogP contribution in [0.1, 0.15) is 52.5 Å². The molecule has 1 aliphatic rings. The fraction of sp³-hybridized carbons (Fsp3) is 0.450. The molecule has 3 nitrogen and oxygen atoms in total. The van der Waals surface area contributed by atoms with E-state index in [1.807, 2.05) is 0 Å². The molecular weight excluding hydrogens is 335 g/mol. The van der Waals surface area contributed by atoms with Crippen LogP contribution in [-0.2, 0) is 6.54 Å². The van der Waals surface area contributed by atoms with Crippen LogP contribution < -0.4 is 5.32 Å². The molecule has 1 fully saturated rings. The summed E-state index contributed by atoms with van der Waals surface area (Å²) in [5.74, 6) is -0.520. The minimum atomic E-state index is -0.334. The predicted octanol–water partition coefficient (Wildman–Crippen LogP) is 5.13. The Morgan fingerprint density at radius 2 is 2.00 bits per heavy atom. The standard InChI is InChI=1S/C20H25FN2OS/c1-13-6-4-5-11-23(13)12-18-14(2)15(3)25-20(18)22-19(24)16-7-9-17(21)10-8-16/h7-10,13H,4-6,11-12H2,1-3H3,(H,22,24)/t13-/m1/s1. The van der Waals surface area contributed by atoms with Crippen LogP contribution in [0.25, 0.3) is 0 Å². The molecule has 0 bridgehead atoms. The van der Waals surface area contributed by atoms with E-state index in [9.17, 15) is 9.18 Å². The van der Waals surface area contributed by atoms with Crippen LogP contribution in [0.5, 0.6) is 0 Å². The molecule has 1 saturated heterocycles. The molecule has 1 atom stereocenters. The zero-order valence-corrected chi connectivity index (χ0v) is 15.9. The lowest BCUT2D eigenvalue weighted by atomic mass is 10.0. The van der Waals surface area contributed by atoms with Crippen LogP contribution in [0.2, 0.25) is 0 Å². The molecule has 134 valence electrons. The van der Waals surface area contributed by atoms with Gasteiger partial charge in [0.15, 0.2) is 0 Å². The van der Waals surface area contributed by atoms with E-state index in [2.05, 4.69) is 31.0 Å². The highest BCUT2D eigenvalue weighted by molar-refractivity contribution is 7.16. The second-order valence-electron chi connectivity index (χ2n) is 6.87. The lowest BCUT2D eigenvalue weighted by Crippen LogP contribution is -2.37. The van der Waals surface area contributed by atoms with Gasteiger partial charge in [-0.2, -0.15) is 0 Å². The highest BCUT2D eigenvalue weighted by Crippen LogP contribution is 2.35. The van der Waals surface area contributed by atoms with Gasteiger partial charge in [-0.3, -0.25) is 9.69 Å². The Balaban J connectivity index is 1.80. The van der Waals surface area contributed by atoms with E-state index in [0.29, 0.717) is 11.6 Å². The maximum atomic E-state index is 13.1. The van der Waals surface area contributed by atoms with Gasteiger partial charge < -0.3 is 5.32 Å². The third-order valence-electron chi connectivity index (χ3n) is 5.15. The van der Waals surface area contributed by atoms with E-state index in [-0.39, 0.29) is 11.7 Å². The molecule has 1 aliphatic heterocycles. The zero-order valence-electron chi connectivity index (χ0n) is 15.1. The molecule has 2 heterocycles. The van der Waals surface area contributed by atoms with E-state index >= 15 is 0 Å². The quantitative estimate of drug-likeness (QED) is 0.820. The van der Waals surface area contributed by atoms with E-state index in [0.717, 1.165) is 18.1 Å². The Bertz CT molecular complexity index is 754. The summed E-state index contributed by atoms with van der Waals surface area (Å²) in [5, 5.41) is 3.96. The SMILES string of the molecule is Cc1sc(NC(=O)c2ccc(F)cc2)c(CN2CCCC[C@H]2C)c1C. The third-order valence-corrected chi connectivity index (χ3v) is 6.31. The number of benzene rings is 1. The van der Waals surface area contributed by atoms with Crippen molar-refractivity contribution in [3.8, 4) is 0 Å². The number of nitrogens with zero attached hydrogens (tertiary/aromatic N) is 1. The minimum absolute atomic E-state index is 0.186. The number of thiophene rings is 1. The molecule has 0 radical (unpaired) electrons. The second kappa shape index (κ2) is 7.67. The van der Waals surface area contributed by atoms with Crippen molar-refractivity contribution in [2.75, 3.05) is 11.9 Å². The summed E-state index contributed by atoms with van der Waals surface area (Å²) in [6.45, 7) is 8.49. The molecule has 1 amide bonds. The number of hydrogen-bond donors (Lipinski definition) is 1. The van der Waals surface area contributed by atoms with Gasteiger partial charge in [-0.1, -0.05) is 6.42 Å². The number of anilines is 1. The smallest absolute Gasteiger partial charge is 0.256 e. The molecule has 1 aromatic heterocycles. The van der Waals surface area contributed by atoms with Crippen LogP contribution in [-0.4, -0.2) is 23.4 Å². The number of carbonyl (C=O) groups excluding carboxylic acids is 1. The van der Waals surface area contributed by atoms with Crippen molar-refractivity contribution in [3.63, 3.8) is 0 Å². The lowest BCUT2D eigenvalue weighted by molar-refractivity contribution is 0.102. The summed E-state index contributed by atoms with van der Waals surface area (Å²) < 4.78 is 13.1. The molecule has 0 aliphatic carbocycles. The Labute approximate surface area is 152 Å². The van der Waals surface area contributed by atoms with Gasteiger partial charge in [0.2, 0.25) is 0 Å². The van der Waals surface area contributed by atoms with E-state index in [1.54, 1.807) is 11.3 Å². The summed E-state index contributed by atoms with van der Waals surface area (Å²) >= 11 is 1.62.